The number of carbonyl (C=O) groups is 1. The molecular weight excluding hydrogens is 526 g/mol. The SMILES string of the molecule is C/C=N/N1CC=C(c2cnc(C(=O)N3CCN(S(=O)(=O)c4cc5ccc(Cl)cc5s4)CC3)s2)CC1. The molecule has 35 heavy (non-hydrogen) atoms. The van der Waals surface area contributed by atoms with E-state index in [1.807, 2.05) is 18.0 Å². The van der Waals surface area contributed by atoms with Crippen molar-refractivity contribution in [3.63, 3.8) is 0 Å². The number of amides is 1. The van der Waals surface area contributed by atoms with Gasteiger partial charge in [0.05, 0.1) is 11.4 Å². The average molecular weight is 550 g/mol. The van der Waals surface area contributed by atoms with E-state index in [0.29, 0.717) is 27.3 Å². The van der Waals surface area contributed by atoms with Crippen LogP contribution in [-0.2, 0) is 10.0 Å². The van der Waals surface area contributed by atoms with Gasteiger partial charge in [-0.2, -0.15) is 9.41 Å². The number of benzene rings is 1. The Morgan fingerprint density at radius 3 is 2.66 bits per heavy atom. The zero-order chi connectivity index (χ0) is 24.6. The Morgan fingerprint density at radius 2 is 1.94 bits per heavy atom. The normalized spacial score (nSPS) is 17.9. The van der Waals surface area contributed by atoms with Crippen LogP contribution in [0.25, 0.3) is 15.7 Å². The highest BCUT2D eigenvalue weighted by molar-refractivity contribution is 7.91. The minimum atomic E-state index is -3.63. The summed E-state index contributed by atoms with van der Waals surface area (Å²) in [5.74, 6) is -0.150. The number of fused-ring (bicyclic) bond motifs is 1. The summed E-state index contributed by atoms with van der Waals surface area (Å²) in [4.78, 5) is 20.1. The molecule has 8 nitrogen and oxygen atoms in total. The van der Waals surface area contributed by atoms with E-state index < -0.39 is 10.0 Å². The summed E-state index contributed by atoms with van der Waals surface area (Å²) in [5.41, 5.74) is 1.18. The van der Waals surface area contributed by atoms with E-state index in [1.165, 1.54) is 32.6 Å². The summed E-state index contributed by atoms with van der Waals surface area (Å²) >= 11 is 8.66. The van der Waals surface area contributed by atoms with E-state index in [2.05, 4.69) is 16.2 Å². The molecule has 2 aliphatic rings. The Bertz CT molecular complexity index is 1420. The van der Waals surface area contributed by atoms with Gasteiger partial charge >= 0.3 is 0 Å². The highest BCUT2D eigenvalue weighted by Crippen LogP contribution is 2.33. The molecule has 4 heterocycles. The van der Waals surface area contributed by atoms with E-state index in [9.17, 15) is 13.2 Å². The number of thiazole rings is 1. The number of aromatic nitrogens is 1. The zero-order valence-corrected chi connectivity index (χ0v) is 22.3. The number of nitrogens with zero attached hydrogens (tertiary/aromatic N) is 5. The fraction of sp³-hybridized carbons (Fsp3) is 0.348. The van der Waals surface area contributed by atoms with Gasteiger partial charge < -0.3 is 4.90 Å². The Kier molecular flexibility index (Phi) is 6.95. The predicted molar refractivity (Wildman–Crippen MR) is 142 cm³/mol. The van der Waals surface area contributed by atoms with Crippen LogP contribution in [0.1, 0.15) is 28.0 Å². The highest BCUT2D eigenvalue weighted by Gasteiger charge is 2.32. The largest absolute Gasteiger partial charge is 0.334 e. The third-order valence-electron chi connectivity index (χ3n) is 6.05. The summed E-state index contributed by atoms with van der Waals surface area (Å²) in [7, 11) is -3.63. The van der Waals surface area contributed by atoms with Gasteiger partial charge in [-0.25, -0.2) is 13.4 Å². The number of piperazine rings is 1. The smallest absolute Gasteiger partial charge is 0.282 e. The predicted octanol–water partition coefficient (Wildman–Crippen LogP) is 4.25. The zero-order valence-electron chi connectivity index (χ0n) is 19.1. The first kappa shape index (κ1) is 24.4. The van der Waals surface area contributed by atoms with Gasteiger partial charge in [0.25, 0.3) is 15.9 Å². The van der Waals surface area contributed by atoms with E-state index in [1.54, 1.807) is 35.5 Å². The van der Waals surface area contributed by atoms with Gasteiger partial charge in [-0.1, -0.05) is 23.7 Å². The van der Waals surface area contributed by atoms with Crippen molar-refractivity contribution in [3.8, 4) is 0 Å². The van der Waals surface area contributed by atoms with E-state index in [4.69, 9.17) is 11.6 Å². The van der Waals surface area contributed by atoms with Gasteiger partial charge in [-0.05, 0) is 42.5 Å². The van der Waals surface area contributed by atoms with Crippen molar-refractivity contribution in [2.75, 3.05) is 39.3 Å². The van der Waals surface area contributed by atoms with Crippen LogP contribution in [0.2, 0.25) is 5.02 Å². The fourth-order valence-electron chi connectivity index (χ4n) is 4.17. The number of sulfonamides is 1. The van der Waals surface area contributed by atoms with Crippen molar-refractivity contribution >= 4 is 72.1 Å². The molecule has 0 radical (unpaired) electrons. The third-order valence-corrected chi connectivity index (χ3v) is 10.8. The maximum Gasteiger partial charge on any atom is 0.282 e. The molecule has 2 aliphatic heterocycles. The fourth-order valence-corrected chi connectivity index (χ4v) is 8.38. The molecule has 1 amide bonds. The minimum absolute atomic E-state index is 0.150. The van der Waals surface area contributed by atoms with Crippen molar-refractivity contribution in [2.24, 2.45) is 5.10 Å². The molecule has 0 atom stereocenters. The molecule has 0 aliphatic carbocycles. The first-order valence-corrected chi connectivity index (χ1v) is 14.7. The lowest BCUT2D eigenvalue weighted by Gasteiger charge is -2.33. The molecule has 184 valence electrons. The molecule has 0 spiro atoms. The molecule has 2 aromatic heterocycles. The van der Waals surface area contributed by atoms with Crippen molar-refractivity contribution < 1.29 is 13.2 Å². The van der Waals surface area contributed by atoms with Crippen LogP contribution >= 0.6 is 34.3 Å². The number of hydrogen-bond donors (Lipinski definition) is 0. The van der Waals surface area contributed by atoms with Crippen molar-refractivity contribution in [1.82, 2.24) is 19.2 Å². The van der Waals surface area contributed by atoms with E-state index in [-0.39, 0.29) is 19.0 Å². The van der Waals surface area contributed by atoms with Crippen LogP contribution in [0.3, 0.4) is 0 Å². The summed E-state index contributed by atoms with van der Waals surface area (Å²) < 4.78 is 29.0. The lowest BCUT2D eigenvalue weighted by molar-refractivity contribution is 0.0697. The van der Waals surface area contributed by atoms with Gasteiger partial charge in [0.1, 0.15) is 4.21 Å². The van der Waals surface area contributed by atoms with Crippen LogP contribution in [-0.4, -0.2) is 79.0 Å². The molecule has 3 aromatic rings. The maximum atomic E-state index is 13.2. The minimum Gasteiger partial charge on any atom is -0.334 e. The summed E-state index contributed by atoms with van der Waals surface area (Å²) in [5, 5.41) is 8.17. The first-order chi connectivity index (χ1) is 16.8. The summed E-state index contributed by atoms with van der Waals surface area (Å²) in [6.07, 6.45) is 6.53. The molecule has 5 rings (SSSR count). The molecule has 0 saturated carbocycles. The second-order valence-corrected chi connectivity index (χ2v) is 13.0. The van der Waals surface area contributed by atoms with Crippen molar-refractivity contribution in [1.29, 1.82) is 0 Å². The second-order valence-electron chi connectivity index (χ2n) is 8.24. The van der Waals surface area contributed by atoms with Gasteiger partial charge in [0, 0.05) is 54.9 Å². The monoisotopic (exact) mass is 549 g/mol. The number of thiophene rings is 1. The molecular formula is C23H24ClN5O3S3. The molecule has 0 N–H and O–H groups in total. The molecule has 1 saturated heterocycles. The number of rotatable bonds is 5. The van der Waals surface area contributed by atoms with E-state index in [0.717, 1.165) is 34.5 Å². The van der Waals surface area contributed by atoms with E-state index >= 15 is 0 Å². The van der Waals surface area contributed by atoms with Gasteiger partial charge in [0.15, 0.2) is 5.01 Å². The Hall–Kier alpha value is -2.31. The maximum absolute atomic E-state index is 13.2. The van der Waals surface area contributed by atoms with Crippen LogP contribution < -0.4 is 0 Å². The summed E-state index contributed by atoms with van der Waals surface area (Å²) in [6, 6.07) is 7.04. The molecule has 12 heteroatoms. The summed E-state index contributed by atoms with van der Waals surface area (Å²) in [6.45, 7) is 4.63. The number of hydrazone groups is 1. The number of hydrogen-bond acceptors (Lipinski definition) is 8. The quantitative estimate of drug-likeness (QED) is 0.444. The standard InChI is InChI=1S/C23H24ClN5O3S3/c1-2-26-28-7-5-16(6-8-28)20-15-25-22(34-20)23(30)27-9-11-29(12-10-27)35(31,32)21-13-17-3-4-18(24)14-19(17)33-21/h2-5,13-15H,6-12H2,1H3/b26-2+. The lowest BCUT2D eigenvalue weighted by Crippen LogP contribution is -2.50. The lowest BCUT2D eigenvalue weighted by atomic mass is 10.1. The Labute approximate surface area is 217 Å². The van der Waals surface area contributed by atoms with Crippen LogP contribution in [0.4, 0.5) is 0 Å². The first-order valence-electron chi connectivity index (χ1n) is 11.2. The second kappa shape index (κ2) is 9.98. The van der Waals surface area contributed by atoms with Gasteiger partial charge in [-0.3, -0.25) is 9.80 Å². The molecule has 1 aromatic carbocycles. The molecule has 1 fully saturated rings. The van der Waals surface area contributed by atoms with Crippen LogP contribution in [0.15, 0.2) is 45.8 Å². The van der Waals surface area contributed by atoms with Crippen molar-refractivity contribution in [2.45, 2.75) is 17.6 Å². The van der Waals surface area contributed by atoms with Crippen LogP contribution in [0, 0.1) is 0 Å². The number of halogens is 1. The van der Waals surface area contributed by atoms with Crippen molar-refractivity contribution in [3.05, 3.63) is 51.4 Å². The van der Waals surface area contributed by atoms with Crippen LogP contribution in [0.5, 0.6) is 0 Å². The molecule has 0 bridgehead atoms. The third kappa shape index (κ3) is 5.01. The topological polar surface area (TPSA) is 86.2 Å². The van der Waals surface area contributed by atoms with Gasteiger partial charge in [0.2, 0.25) is 0 Å². The Balaban J connectivity index is 1.23. The number of carbonyl (C=O) groups excluding carboxylic acids is 1. The van der Waals surface area contributed by atoms with Gasteiger partial charge in [-0.15, -0.1) is 22.7 Å². The highest BCUT2D eigenvalue weighted by atomic mass is 35.5. The molecule has 0 unspecified atom stereocenters. The Morgan fingerprint density at radius 1 is 1.14 bits per heavy atom. The average Bonchev–Trinajstić information content (AvgIpc) is 3.52.